The van der Waals surface area contributed by atoms with Crippen LogP contribution in [-0.2, 0) is 9.47 Å². The minimum Gasteiger partial charge on any atom is -0.444 e. The molecule has 0 aromatic heterocycles. The molecular formula is C13H27NO4. The maximum Gasteiger partial charge on any atom is 0.407 e. The lowest BCUT2D eigenvalue weighted by atomic mass is 10.0. The number of hydrogen-bond donors (Lipinski definition) is 2. The smallest absolute Gasteiger partial charge is 0.407 e. The summed E-state index contributed by atoms with van der Waals surface area (Å²) in [6, 6.07) is 0. The first kappa shape index (κ1) is 17.2. The average molecular weight is 261 g/mol. The van der Waals surface area contributed by atoms with Crippen molar-refractivity contribution in [3.05, 3.63) is 0 Å². The van der Waals surface area contributed by atoms with Gasteiger partial charge in [0.1, 0.15) is 5.60 Å². The molecule has 18 heavy (non-hydrogen) atoms. The zero-order valence-electron chi connectivity index (χ0n) is 12.0. The lowest BCUT2D eigenvalue weighted by Gasteiger charge is -2.21. The molecule has 0 bridgehead atoms. The second kappa shape index (κ2) is 9.16. The first-order chi connectivity index (χ1) is 8.39. The Morgan fingerprint density at radius 1 is 1.33 bits per heavy atom. The number of carbonyl (C=O) groups excluding carboxylic acids is 1. The Morgan fingerprint density at radius 2 is 2.00 bits per heavy atom. The van der Waals surface area contributed by atoms with Gasteiger partial charge in [-0.2, -0.15) is 0 Å². The van der Waals surface area contributed by atoms with Crippen molar-refractivity contribution in [3.8, 4) is 0 Å². The number of nitrogens with one attached hydrogen (secondary N) is 1. The number of aliphatic hydroxyl groups is 1. The molecule has 5 nitrogen and oxygen atoms in total. The standard InChI is InChI=1S/C13H27NO4/c1-13(2,3)18-12(16)14-9-11(10-15)7-5-6-8-17-4/h11,15H,5-10H2,1-4H3,(H,14,16). The van der Waals surface area contributed by atoms with E-state index in [1.165, 1.54) is 0 Å². The molecule has 0 aliphatic carbocycles. The quantitative estimate of drug-likeness (QED) is 0.655. The fourth-order valence-corrected chi connectivity index (χ4v) is 1.48. The van der Waals surface area contributed by atoms with E-state index in [9.17, 15) is 9.90 Å². The van der Waals surface area contributed by atoms with Crippen LogP contribution in [0, 0.1) is 5.92 Å². The predicted octanol–water partition coefficient (Wildman–Crippen LogP) is 1.94. The van der Waals surface area contributed by atoms with Gasteiger partial charge in [0.05, 0.1) is 0 Å². The molecule has 0 radical (unpaired) electrons. The molecule has 108 valence electrons. The largest absolute Gasteiger partial charge is 0.444 e. The number of amides is 1. The Hall–Kier alpha value is -0.810. The first-order valence-corrected chi connectivity index (χ1v) is 6.45. The molecule has 1 unspecified atom stereocenters. The molecule has 0 fully saturated rings. The van der Waals surface area contributed by atoms with Gasteiger partial charge < -0.3 is 19.9 Å². The number of methoxy groups -OCH3 is 1. The van der Waals surface area contributed by atoms with Crippen molar-refractivity contribution in [3.63, 3.8) is 0 Å². The number of aliphatic hydroxyl groups excluding tert-OH is 1. The van der Waals surface area contributed by atoms with Crippen molar-refractivity contribution in [1.29, 1.82) is 0 Å². The van der Waals surface area contributed by atoms with E-state index in [0.29, 0.717) is 6.54 Å². The molecule has 0 heterocycles. The zero-order valence-corrected chi connectivity index (χ0v) is 12.0. The number of alkyl carbamates (subject to hydrolysis) is 1. The van der Waals surface area contributed by atoms with Crippen molar-refractivity contribution in [2.75, 3.05) is 26.9 Å². The molecule has 1 atom stereocenters. The van der Waals surface area contributed by atoms with Gasteiger partial charge in [-0.05, 0) is 39.5 Å². The Bertz CT molecular complexity index is 226. The van der Waals surface area contributed by atoms with Gasteiger partial charge in [0.25, 0.3) is 0 Å². The van der Waals surface area contributed by atoms with Gasteiger partial charge in [-0.3, -0.25) is 0 Å². The molecule has 0 aromatic carbocycles. The molecule has 0 saturated heterocycles. The van der Waals surface area contributed by atoms with Gasteiger partial charge in [0.2, 0.25) is 0 Å². The van der Waals surface area contributed by atoms with E-state index in [2.05, 4.69) is 5.32 Å². The van der Waals surface area contributed by atoms with E-state index in [0.717, 1.165) is 25.9 Å². The summed E-state index contributed by atoms with van der Waals surface area (Å²) < 4.78 is 10.1. The van der Waals surface area contributed by atoms with Gasteiger partial charge in [0, 0.05) is 26.9 Å². The van der Waals surface area contributed by atoms with Crippen LogP contribution in [0.3, 0.4) is 0 Å². The van der Waals surface area contributed by atoms with Crippen LogP contribution in [0.5, 0.6) is 0 Å². The third kappa shape index (κ3) is 10.4. The highest BCUT2D eigenvalue weighted by Gasteiger charge is 2.17. The van der Waals surface area contributed by atoms with Crippen LogP contribution in [0.4, 0.5) is 4.79 Å². The fraction of sp³-hybridized carbons (Fsp3) is 0.923. The van der Waals surface area contributed by atoms with Crippen LogP contribution in [0.15, 0.2) is 0 Å². The van der Waals surface area contributed by atoms with Crippen molar-refractivity contribution in [2.45, 2.75) is 45.6 Å². The topological polar surface area (TPSA) is 67.8 Å². The van der Waals surface area contributed by atoms with E-state index in [4.69, 9.17) is 9.47 Å². The van der Waals surface area contributed by atoms with Gasteiger partial charge in [-0.25, -0.2) is 4.79 Å². The Morgan fingerprint density at radius 3 is 2.50 bits per heavy atom. The maximum absolute atomic E-state index is 11.4. The highest BCUT2D eigenvalue weighted by molar-refractivity contribution is 5.67. The van der Waals surface area contributed by atoms with Crippen molar-refractivity contribution in [1.82, 2.24) is 5.32 Å². The first-order valence-electron chi connectivity index (χ1n) is 6.45. The van der Waals surface area contributed by atoms with Crippen LogP contribution in [0.2, 0.25) is 0 Å². The van der Waals surface area contributed by atoms with Crippen LogP contribution in [0.1, 0.15) is 40.0 Å². The summed E-state index contributed by atoms with van der Waals surface area (Å²) in [6.07, 6.45) is 2.39. The van der Waals surface area contributed by atoms with Crippen molar-refractivity contribution >= 4 is 6.09 Å². The molecule has 1 amide bonds. The van der Waals surface area contributed by atoms with E-state index in [1.54, 1.807) is 7.11 Å². The number of hydrogen-bond acceptors (Lipinski definition) is 4. The van der Waals surface area contributed by atoms with E-state index in [1.807, 2.05) is 20.8 Å². The molecule has 5 heteroatoms. The molecule has 0 saturated carbocycles. The fourth-order valence-electron chi connectivity index (χ4n) is 1.48. The summed E-state index contributed by atoms with van der Waals surface area (Å²) in [7, 11) is 1.67. The number of carbonyl (C=O) groups is 1. The maximum atomic E-state index is 11.4. The number of unbranched alkanes of at least 4 members (excludes halogenated alkanes) is 1. The van der Waals surface area contributed by atoms with Crippen LogP contribution in [0.25, 0.3) is 0 Å². The highest BCUT2D eigenvalue weighted by atomic mass is 16.6. The third-order valence-electron chi connectivity index (χ3n) is 2.40. The van der Waals surface area contributed by atoms with E-state index >= 15 is 0 Å². The van der Waals surface area contributed by atoms with Gasteiger partial charge in [-0.1, -0.05) is 6.42 Å². The summed E-state index contributed by atoms with van der Waals surface area (Å²) in [5.41, 5.74) is -0.489. The van der Waals surface area contributed by atoms with Gasteiger partial charge >= 0.3 is 6.09 Å². The highest BCUT2D eigenvalue weighted by Crippen LogP contribution is 2.09. The number of rotatable bonds is 8. The van der Waals surface area contributed by atoms with E-state index < -0.39 is 11.7 Å². The Kier molecular flexibility index (Phi) is 8.75. The van der Waals surface area contributed by atoms with Gasteiger partial charge in [0.15, 0.2) is 0 Å². The molecule has 0 aliphatic heterocycles. The van der Waals surface area contributed by atoms with Crippen LogP contribution >= 0.6 is 0 Å². The summed E-state index contributed by atoms with van der Waals surface area (Å²) in [5, 5.41) is 11.9. The summed E-state index contributed by atoms with van der Waals surface area (Å²) >= 11 is 0. The Balaban J connectivity index is 3.75. The van der Waals surface area contributed by atoms with Crippen molar-refractivity contribution in [2.24, 2.45) is 5.92 Å². The molecule has 2 N–H and O–H groups in total. The second-order valence-corrected chi connectivity index (χ2v) is 5.42. The lowest BCUT2D eigenvalue weighted by molar-refractivity contribution is 0.0510. The van der Waals surface area contributed by atoms with E-state index in [-0.39, 0.29) is 12.5 Å². The second-order valence-electron chi connectivity index (χ2n) is 5.42. The zero-order chi connectivity index (χ0) is 14.0. The summed E-state index contributed by atoms with van der Waals surface area (Å²) in [4.78, 5) is 11.4. The molecule has 0 spiro atoms. The average Bonchev–Trinajstić information content (AvgIpc) is 2.26. The minimum atomic E-state index is -0.489. The minimum absolute atomic E-state index is 0.0722. The third-order valence-corrected chi connectivity index (χ3v) is 2.40. The van der Waals surface area contributed by atoms with Crippen LogP contribution < -0.4 is 5.32 Å². The van der Waals surface area contributed by atoms with Crippen molar-refractivity contribution < 1.29 is 19.4 Å². The lowest BCUT2D eigenvalue weighted by Crippen LogP contribution is -2.36. The normalized spacial score (nSPS) is 13.2. The Labute approximate surface area is 110 Å². The molecule has 0 aromatic rings. The van der Waals surface area contributed by atoms with Crippen LogP contribution in [-0.4, -0.2) is 43.7 Å². The molecule has 0 aliphatic rings. The molecule has 0 rings (SSSR count). The SMILES string of the molecule is COCCCCC(CO)CNC(=O)OC(C)(C)C. The number of ether oxygens (including phenoxy) is 2. The predicted molar refractivity (Wildman–Crippen MR) is 70.5 cm³/mol. The monoisotopic (exact) mass is 261 g/mol. The molecular weight excluding hydrogens is 234 g/mol. The summed E-state index contributed by atoms with van der Waals surface area (Å²) in [6.45, 7) is 6.71. The van der Waals surface area contributed by atoms with Gasteiger partial charge in [-0.15, -0.1) is 0 Å². The summed E-state index contributed by atoms with van der Waals surface area (Å²) in [5.74, 6) is 0.0781.